The van der Waals surface area contributed by atoms with E-state index >= 15 is 0 Å². The Labute approximate surface area is 123 Å². The summed E-state index contributed by atoms with van der Waals surface area (Å²) in [5.74, 6) is 1.60. The number of hydrogen-bond acceptors (Lipinski definition) is 4. The first-order valence-corrected chi connectivity index (χ1v) is 8.08. The van der Waals surface area contributed by atoms with E-state index < -0.39 is 0 Å². The third-order valence-corrected chi connectivity index (χ3v) is 3.78. The van der Waals surface area contributed by atoms with Crippen molar-refractivity contribution in [1.82, 2.24) is 20.2 Å². The Kier molecular flexibility index (Phi) is 9.20. The number of tetrazole rings is 1. The average Bonchev–Trinajstić information content (AvgIpc) is 2.94. The van der Waals surface area contributed by atoms with E-state index in [1.54, 1.807) is 7.11 Å². The fourth-order valence-corrected chi connectivity index (χ4v) is 2.57. The van der Waals surface area contributed by atoms with Crippen LogP contribution in [0, 0.1) is 0 Å². The monoisotopic (exact) mass is 282 g/mol. The SMILES string of the molecule is CCCCC(CCCCCCOC)c1nnnn1CC. The number of rotatable bonds is 12. The number of methoxy groups -OCH3 is 1. The van der Waals surface area contributed by atoms with Crippen molar-refractivity contribution in [3.05, 3.63) is 5.82 Å². The van der Waals surface area contributed by atoms with Gasteiger partial charge in [0.1, 0.15) is 0 Å². The van der Waals surface area contributed by atoms with Gasteiger partial charge in [-0.05, 0) is 36.6 Å². The zero-order chi connectivity index (χ0) is 14.6. The van der Waals surface area contributed by atoms with Gasteiger partial charge in [0.25, 0.3) is 0 Å². The number of aromatic nitrogens is 4. The molecule has 0 saturated heterocycles. The zero-order valence-corrected chi connectivity index (χ0v) is 13.3. The fourth-order valence-electron chi connectivity index (χ4n) is 2.57. The van der Waals surface area contributed by atoms with Crippen LogP contribution in [0.1, 0.15) is 77.0 Å². The van der Waals surface area contributed by atoms with Gasteiger partial charge in [0.05, 0.1) is 0 Å². The molecule has 1 unspecified atom stereocenters. The molecule has 0 aliphatic heterocycles. The molecule has 1 heterocycles. The molecular formula is C15H30N4O. The molecule has 0 aromatic carbocycles. The van der Waals surface area contributed by atoms with Crippen molar-refractivity contribution in [3.8, 4) is 0 Å². The standard InChI is InChI=1S/C15H30N4O/c1-4-6-11-14(12-9-7-8-10-13-20-3)15-16-17-18-19(15)5-2/h14H,4-13H2,1-3H3. The first kappa shape index (κ1) is 17.1. The molecule has 0 N–H and O–H groups in total. The molecule has 1 aromatic heterocycles. The van der Waals surface area contributed by atoms with Gasteiger partial charge in [0, 0.05) is 26.2 Å². The highest BCUT2D eigenvalue weighted by Crippen LogP contribution is 2.26. The minimum Gasteiger partial charge on any atom is -0.385 e. The van der Waals surface area contributed by atoms with Gasteiger partial charge in [-0.25, -0.2) is 4.68 Å². The summed E-state index contributed by atoms with van der Waals surface area (Å²) in [6, 6.07) is 0. The molecule has 1 aromatic rings. The summed E-state index contributed by atoms with van der Waals surface area (Å²) < 4.78 is 7.03. The topological polar surface area (TPSA) is 52.8 Å². The summed E-state index contributed by atoms with van der Waals surface area (Å²) in [5, 5.41) is 12.2. The molecule has 0 bridgehead atoms. The molecule has 0 radical (unpaired) electrons. The quantitative estimate of drug-likeness (QED) is 0.550. The third kappa shape index (κ3) is 5.99. The van der Waals surface area contributed by atoms with Gasteiger partial charge < -0.3 is 4.74 Å². The Bertz CT molecular complexity index is 340. The minimum absolute atomic E-state index is 0.521. The predicted octanol–water partition coefficient (Wildman–Crippen LogP) is 3.56. The highest BCUT2D eigenvalue weighted by atomic mass is 16.5. The van der Waals surface area contributed by atoms with E-state index in [-0.39, 0.29) is 0 Å². The summed E-state index contributed by atoms with van der Waals surface area (Å²) in [5.41, 5.74) is 0. The lowest BCUT2D eigenvalue weighted by Gasteiger charge is -2.15. The maximum Gasteiger partial charge on any atom is 0.154 e. The second-order valence-electron chi connectivity index (χ2n) is 5.39. The molecule has 1 atom stereocenters. The number of hydrogen-bond donors (Lipinski definition) is 0. The molecule has 0 aliphatic rings. The van der Waals surface area contributed by atoms with Crippen molar-refractivity contribution in [3.63, 3.8) is 0 Å². The maximum atomic E-state index is 5.08. The second kappa shape index (κ2) is 10.8. The highest BCUT2D eigenvalue weighted by molar-refractivity contribution is 4.93. The summed E-state index contributed by atoms with van der Waals surface area (Å²) in [6.45, 7) is 6.08. The molecular weight excluding hydrogens is 252 g/mol. The van der Waals surface area contributed by atoms with Gasteiger partial charge in [0.15, 0.2) is 5.82 Å². The van der Waals surface area contributed by atoms with Crippen molar-refractivity contribution in [2.24, 2.45) is 0 Å². The Morgan fingerprint density at radius 1 is 1.05 bits per heavy atom. The number of unbranched alkanes of at least 4 members (excludes halogenated alkanes) is 4. The van der Waals surface area contributed by atoms with Crippen LogP contribution in [-0.2, 0) is 11.3 Å². The summed E-state index contributed by atoms with van der Waals surface area (Å²) in [6.07, 6.45) is 9.86. The highest BCUT2D eigenvalue weighted by Gasteiger charge is 2.17. The zero-order valence-electron chi connectivity index (χ0n) is 13.3. The molecule has 20 heavy (non-hydrogen) atoms. The van der Waals surface area contributed by atoms with Crippen LogP contribution in [0.3, 0.4) is 0 Å². The smallest absolute Gasteiger partial charge is 0.154 e. The van der Waals surface area contributed by atoms with Crippen LogP contribution in [-0.4, -0.2) is 33.9 Å². The van der Waals surface area contributed by atoms with Crippen LogP contribution in [0.15, 0.2) is 0 Å². The van der Waals surface area contributed by atoms with E-state index in [0.29, 0.717) is 5.92 Å². The van der Waals surface area contributed by atoms with E-state index in [0.717, 1.165) is 19.0 Å². The minimum atomic E-state index is 0.521. The van der Waals surface area contributed by atoms with Crippen LogP contribution in [0.5, 0.6) is 0 Å². The normalized spacial score (nSPS) is 12.8. The summed E-state index contributed by atoms with van der Waals surface area (Å²) >= 11 is 0. The van der Waals surface area contributed by atoms with Gasteiger partial charge >= 0.3 is 0 Å². The van der Waals surface area contributed by atoms with Gasteiger partial charge in [-0.15, -0.1) is 5.10 Å². The van der Waals surface area contributed by atoms with Crippen molar-refractivity contribution < 1.29 is 4.74 Å². The van der Waals surface area contributed by atoms with Crippen LogP contribution < -0.4 is 0 Å². The summed E-state index contributed by atoms with van der Waals surface area (Å²) in [4.78, 5) is 0. The van der Waals surface area contributed by atoms with Gasteiger partial charge in [-0.2, -0.15) is 0 Å². The molecule has 0 aliphatic carbocycles. The molecule has 0 saturated carbocycles. The average molecular weight is 282 g/mol. The van der Waals surface area contributed by atoms with Crippen molar-refractivity contribution >= 4 is 0 Å². The van der Waals surface area contributed by atoms with Crippen molar-refractivity contribution in [2.75, 3.05) is 13.7 Å². The summed E-state index contributed by atoms with van der Waals surface area (Å²) in [7, 11) is 1.77. The van der Waals surface area contributed by atoms with Gasteiger partial charge in [0.2, 0.25) is 0 Å². The van der Waals surface area contributed by atoms with Crippen molar-refractivity contribution in [1.29, 1.82) is 0 Å². The third-order valence-electron chi connectivity index (χ3n) is 3.78. The van der Waals surface area contributed by atoms with Crippen molar-refractivity contribution in [2.45, 2.75) is 77.7 Å². The van der Waals surface area contributed by atoms with E-state index in [2.05, 4.69) is 29.4 Å². The number of ether oxygens (including phenoxy) is 1. The maximum absolute atomic E-state index is 5.08. The Hall–Kier alpha value is -0.970. The Morgan fingerprint density at radius 3 is 2.50 bits per heavy atom. The van der Waals surface area contributed by atoms with Crippen LogP contribution >= 0.6 is 0 Å². The number of aryl methyl sites for hydroxylation is 1. The van der Waals surface area contributed by atoms with Gasteiger partial charge in [-0.3, -0.25) is 0 Å². The first-order chi connectivity index (χ1) is 9.83. The Balaban J connectivity index is 2.40. The lowest BCUT2D eigenvalue weighted by Crippen LogP contribution is -2.10. The van der Waals surface area contributed by atoms with E-state index in [9.17, 15) is 0 Å². The molecule has 5 heteroatoms. The lowest BCUT2D eigenvalue weighted by atomic mass is 9.94. The van der Waals surface area contributed by atoms with Gasteiger partial charge in [-0.1, -0.05) is 39.0 Å². The second-order valence-corrected chi connectivity index (χ2v) is 5.39. The van der Waals surface area contributed by atoms with E-state index in [1.807, 2.05) is 4.68 Å². The van der Waals surface area contributed by atoms with Crippen LogP contribution in [0.25, 0.3) is 0 Å². The largest absolute Gasteiger partial charge is 0.385 e. The lowest BCUT2D eigenvalue weighted by molar-refractivity contribution is 0.191. The molecule has 5 nitrogen and oxygen atoms in total. The van der Waals surface area contributed by atoms with E-state index in [1.165, 1.54) is 51.4 Å². The molecule has 116 valence electrons. The Morgan fingerprint density at radius 2 is 1.80 bits per heavy atom. The number of nitrogens with zero attached hydrogens (tertiary/aromatic N) is 4. The molecule has 0 spiro atoms. The molecule has 0 fully saturated rings. The van der Waals surface area contributed by atoms with Crippen LogP contribution in [0.4, 0.5) is 0 Å². The molecule has 0 amide bonds. The first-order valence-electron chi connectivity index (χ1n) is 8.08. The van der Waals surface area contributed by atoms with Crippen LogP contribution in [0.2, 0.25) is 0 Å². The predicted molar refractivity (Wildman–Crippen MR) is 80.7 cm³/mol. The fraction of sp³-hybridized carbons (Fsp3) is 0.933. The van der Waals surface area contributed by atoms with E-state index in [4.69, 9.17) is 4.74 Å². The molecule has 1 rings (SSSR count).